The molecule has 0 saturated heterocycles. The molecule has 0 aliphatic rings. The van der Waals surface area contributed by atoms with E-state index in [0.717, 1.165) is 0 Å². The standard InChI is InChI=1S/C8H8ClF2N3O2/c1-2-16-7(15)8(10,11)4-3-13-5(9)6(12)14-4/h3H,2H2,1H3,(H2,12,14). The summed E-state index contributed by atoms with van der Waals surface area (Å²) in [7, 11) is 0. The Balaban J connectivity index is 3.06. The number of aromatic nitrogens is 2. The first-order valence-corrected chi connectivity index (χ1v) is 4.61. The summed E-state index contributed by atoms with van der Waals surface area (Å²) < 4.78 is 30.9. The summed E-state index contributed by atoms with van der Waals surface area (Å²) in [6.07, 6.45) is 0.676. The first-order chi connectivity index (χ1) is 7.39. The number of carbonyl (C=O) groups is 1. The van der Waals surface area contributed by atoms with E-state index in [1.165, 1.54) is 6.92 Å². The normalized spacial score (nSPS) is 11.2. The van der Waals surface area contributed by atoms with Crippen molar-refractivity contribution in [3.63, 3.8) is 0 Å². The van der Waals surface area contributed by atoms with Crippen LogP contribution in [-0.2, 0) is 15.5 Å². The molecule has 0 radical (unpaired) electrons. The predicted octanol–water partition coefficient (Wildman–Crippen LogP) is 1.37. The Morgan fingerprint density at radius 2 is 2.31 bits per heavy atom. The lowest BCUT2D eigenvalue weighted by atomic mass is 10.2. The average molecular weight is 252 g/mol. The zero-order chi connectivity index (χ0) is 12.3. The molecule has 0 aliphatic heterocycles. The van der Waals surface area contributed by atoms with Crippen LogP contribution in [0.5, 0.6) is 0 Å². The van der Waals surface area contributed by atoms with E-state index in [1.807, 2.05) is 0 Å². The SMILES string of the molecule is CCOC(=O)C(F)(F)c1cnc(Cl)c(N)n1. The molecule has 88 valence electrons. The molecule has 1 heterocycles. The number of esters is 1. The van der Waals surface area contributed by atoms with Gasteiger partial charge in [-0.15, -0.1) is 0 Å². The highest BCUT2D eigenvalue weighted by Crippen LogP contribution is 2.29. The molecule has 0 atom stereocenters. The zero-order valence-corrected chi connectivity index (χ0v) is 8.96. The van der Waals surface area contributed by atoms with Crippen molar-refractivity contribution in [2.75, 3.05) is 12.3 Å². The Kier molecular flexibility index (Phi) is 3.58. The van der Waals surface area contributed by atoms with Gasteiger partial charge in [0.25, 0.3) is 0 Å². The van der Waals surface area contributed by atoms with Crippen molar-refractivity contribution >= 4 is 23.4 Å². The molecule has 8 heteroatoms. The number of nitrogens with two attached hydrogens (primary N) is 1. The van der Waals surface area contributed by atoms with Crippen LogP contribution in [0.25, 0.3) is 0 Å². The molecule has 5 nitrogen and oxygen atoms in total. The minimum Gasteiger partial charge on any atom is -0.461 e. The minimum atomic E-state index is -3.89. The van der Waals surface area contributed by atoms with E-state index >= 15 is 0 Å². The van der Waals surface area contributed by atoms with Crippen LogP contribution in [0.3, 0.4) is 0 Å². The molecule has 0 aliphatic carbocycles. The van der Waals surface area contributed by atoms with E-state index in [-0.39, 0.29) is 17.6 Å². The van der Waals surface area contributed by atoms with Gasteiger partial charge in [-0.2, -0.15) is 8.78 Å². The first kappa shape index (κ1) is 12.6. The number of carbonyl (C=O) groups excluding carboxylic acids is 1. The molecule has 0 fully saturated rings. The maximum Gasteiger partial charge on any atom is 0.385 e. The number of nitrogens with zero attached hydrogens (tertiary/aromatic N) is 2. The Morgan fingerprint density at radius 3 is 2.81 bits per heavy atom. The van der Waals surface area contributed by atoms with Crippen LogP contribution in [0.2, 0.25) is 5.15 Å². The van der Waals surface area contributed by atoms with Gasteiger partial charge in [-0.3, -0.25) is 0 Å². The van der Waals surface area contributed by atoms with E-state index in [0.29, 0.717) is 6.20 Å². The summed E-state index contributed by atoms with van der Waals surface area (Å²) in [5, 5.41) is -0.205. The quantitative estimate of drug-likeness (QED) is 0.821. The van der Waals surface area contributed by atoms with Gasteiger partial charge in [0.1, 0.15) is 5.69 Å². The number of anilines is 1. The minimum absolute atomic E-state index is 0.162. The third kappa shape index (κ3) is 2.35. The summed E-state index contributed by atoms with van der Waals surface area (Å²) in [5.74, 6) is -5.96. The number of halogens is 3. The number of alkyl halides is 2. The monoisotopic (exact) mass is 251 g/mol. The molecule has 0 aromatic carbocycles. The summed E-state index contributed by atoms with van der Waals surface area (Å²) in [4.78, 5) is 17.6. The van der Waals surface area contributed by atoms with Gasteiger partial charge in [0, 0.05) is 0 Å². The maximum atomic E-state index is 13.4. The van der Waals surface area contributed by atoms with Crippen molar-refractivity contribution in [3.8, 4) is 0 Å². The third-order valence-electron chi connectivity index (χ3n) is 1.61. The summed E-state index contributed by atoms with van der Waals surface area (Å²) >= 11 is 5.41. The predicted molar refractivity (Wildman–Crippen MR) is 52.0 cm³/mol. The molecule has 0 spiro atoms. The molecule has 2 N–H and O–H groups in total. The van der Waals surface area contributed by atoms with Crippen molar-refractivity contribution in [1.82, 2.24) is 9.97 Å². The fourth-order valence-corrected chi connectivity index (χ4v) is 0.957. The Labute approximate surface area is 94.6 Å². The summed E-state index contributed by atoms with van der Waals surface area (Å²) in [5.41, 5.74) is 4.30. The number of hydrogen-bond acceptors (Lipinski definition) is 5. The van der Waals surface area contributed by atoms with E-state index in [1.54, 1.807) is 0 Å². The number of nitrogen functional groups attached to an aromatic ring is 1. The van der Waals surface area contributed by atoms with Gasteiger partial charge in [0.05, 0.1) is 12.8 Å². The fourth-order valence-electron chi connectivity index (χ4n) is 0.866. The summed E-state index contributed by atoms with van der Waals surface area (Å²) in [6.45, 7) is 1.25. The smallest absolute Gasteiger partial charge is 0.385 e. The lowest BCUT2D eigenvalue weighted by Gasteiger charge is -2.13. The molecule has 16 heavy (non-hydrogen) atoms. The van der Waals surface area contributed by atoms with Gasteiger partial charge >= 0.3 is 11.9 Å². The highest BCUT2D eigenvalue weighted by atomic mass is 35.5. The number of ether oxygens (including phenoxy) is 1. The van der Waals surface area contributed by atoms with Gasteiger partial charge in [-0.25, -0.2) is 14.8 Å². The number of rotatable bonds is 3. The van der Waals surface area contributed by atoms with Crippen molar-refractivity contribution in [2.24, 2.45) is 0 Å². The van der Waals surface area contributed by atoms with Crippen molar-refractivity contribution in [1.29, 1.82) is 0 Å². The van der Waals surface area contributed by atoms with Crippen LogP contribution in [0.1, 0.15) is 12.6 Å². The number of hydrogen-bond donors (Lipinski definition) is 1. The highest BCUT2D eigenvalue weighted by Gasteiger charge is 2.45. The molecular formula is C8H8ClF2N3O2. The van der Waals surface area contributed by atoms with Gasteiger partial charge in [-0.05, 0) is 6.92 Å². The largest absolute Gasteiger partial charge is 0.461 e. The van der Waals surface area contributed by atoms with Crippen molar-refractivity contribution in [2.45, 2.75) is 12.8 Å². The van der Waals surface area contributed by atoms with Crippen LogP contribution in [0, 0.1) is 0 Å². The first-order valence-electron chi connectivity index (χ1n) is 4.23. The summed E-state index contributed by atoms with van der Waals surface area (Å²) in [6, 6.07) is 0. The lowest BCUT2D eigenvalue weighted by Crippen LogP contribution is -2.29. The van der Waals surface area contributed by atoms with Gasteiger partial charge < -0.3 is 10.5 Å². The molecule has 1 aromatic rings. The third-order valence-corrected chi connectivity index (χ3v) is 1.90. The van der Waals surface area contributed by atoms with Gasteiger partial charge in [-0.1, -0.05) is 11.6 Å². The van der Waals surface area contributed by atoms with Crippen LogP contribution in [0.4, 0.5) is 14.6 Å². The molecule has 0 saturated carbocycles. The second kappa shape index (κ2) is 4.56. The molecular weight excluding hydrogens is 244 g/mol. The Hall–Kier alpha value is -1.50. The fraction of sp³-hybridized carbons (Fsp3) is 0.375. The Bertz CT molecular complexity index is 414. The van der Waals surface area contributed by atoms with Crippen molar-refractivity contribution in [3.05, 3.63) is 17.0 Å². The van der Waals surface area contributed by atoms with Crippen molar-refractivity contribution < 1.29 is 18.3 Å². The van der Waals surface area contributed by atoms with E-state index < -0.39 is 17.6 Å². The molecule has 0 unspecified atom stereocenters. The second-order valence-electron chi connectivity index (χ2n) is 2.73. The van der Waals surface area contributed by atoms with E-state index in [2.05, 4.69) is 14.7 Å². The Morgan fingerprint density at radius 1 is 1.69 bits per heavy atom. The maximum absolute atomic E-state index is 13.4. The molecule has 0 amide bonds. The second-order valence-corrected chi connectivity index (χ2v) is 3.08. The lowest BCUT2D eigenvalue weighted by molar-refractivity contribution is -0.173. The van der Waals surface area contributed by atoms with Crippen LogP contribution in [0.15, 0.2) is 6.20 Å². The molecule has 1 rings (SSSR count). The zero-order valence-electron chi connectivity index (χ0n) is 8.21. The van der Waals surface area contributed by atoms with Crippen LogP contribution in [-0.4, -0.2) is 22.5 Å². The topological polar surface area (TPSA) is 78.1 Å². The van der Waals surface area contributed by atoms with Gasteiger partial charge in [0.15, 0.2) is 11.0 Å². The van der Waals surface area contributed by atoms with Crippen LogP contribution < -0.4 is 5.73 Å². The van der Waals surface area contributed by atoms with Gasteiger partial charge in [0.2, 0.25) is 0 Å². The molecule has 1 aromatic heterocycles. The van der Waals surface area contributed by atoms with E-state index in [9.17, 15) is 13.6 Å². The highest BCUT2D eigenvalue weighted by molar-refractivity contribution is 6.31. The van der Waals surface area contributed by atoms with Crippen LogP contribution >= 0.6 is 11.6 Å². The van der Waals surface area contributed by atoms with E-state index in [4.69, 9.17) is 17.3 Å². The average Bonchev–Trinajstić information content (AvgIpc) is 2.22. The molecule has 0 bridgehead atoms.